The zero-order chi connectivity index (χ0) is 13.0. The van der Waals surface area contributed by atoms with Crippen LogP contribution in [0.2, 0.25) is 0 Å². The molecule has 0 aliphatic carbocycles. The van der Waals surface area contributed by atoms with Crippen molar-refractivity contribution in [3.05, 3.63) is 12.2 Å². The number of nitrogens with two attached hydrogens (primary N) is 1. The van der Waals surface area contributed by atoms with Crippen LogP contribution in [0.1, 0.15) is 32.5 Å². The van der Waals surface area contributed by atoms with Crippen molar-refractivity contribution in [3.63, 3.8) is 0 Å². The number of nitrogens with zero attached hydrogens (tertiary/aromatic N) is 5. The Labute approximate surface area is 108 Å². The van der Waals surface area contributed by atoms with E-state index in [0.717, 1.165) is 31.4 Å². The second-order valence-corrected chi connectivity index (χ2v) is 4.88. The summed E-state index contributed by atoms with van der Waals surface area (Å²) < 4.78 is 1.98. The van der Waals surface area contributed by atoms with Crippen molar-refractivity contribution in [1.82, 2.24) is 19.7 Å². The quantitative estimate of drug-likeness (QED) is 0.637. The molecule has 1 aliphatic rings. The molecule has 1 aliphatic heterocycles. The van der Waals surface area contributed by atoms with Gasteiger partial charge in [-0.25, -0.2) is 4.99 Å². The molecule has 2 heterocycles. The van der Waals surface area contributed by atoms with Gasteiger partial charge in [-0.3, -0.25) is 0 Å². The van der Waals surface area contributed by atoms with Gasteiger partial charge in [0.1, 0.15) is 12.9 Å². The fourth-order valence-electron chi connectivity index (χ4n) is 2.15. The Hall–Kier alpha value is -1.59. The summed E-state index contributed by atoms with van der Waals surface area (Å²) in [7, 11) is 0. The predicted octanol–water partition coefficient (Wildman–Crippen LogP) is 0.845. The maximum absolute atomic E-state index is 6.02. The first-order valence-electron chi connectivity index (χ1n) is 6.62. The van der Waals surface area contributed by atoms with Crippen LogP contribution < -0.4 is 5.73 Å². The second kappa shape index (κ2) is 5.84. The lowest BCUT2D eigenvalue weighted by Crippen LogP contribution is -2.42. The molecule has 0 atom stereocenters. The minimum Gasteiger partial charge on any atom is -0.370 e. The van der Waals surface area contributed by atoms with Crippen LogP contribution in [0, 0.1) is 5.92 Å². The number of aryl methyl sites for hydroxylation is 1. The fourth-order valence-corrected chi connectivity index (χ4v) is 2.15. The van der Waals surface area contributed by atoms with E-state index in [1.165, 1.54) is 12.8 Å². The SMILES string of the molecule is CCn1cnnc1CN=C(N)N1CCC(C)CC1. The van der Waals surface area contributed by atoms with Gasteiger partial charge in [0.15, 0.2) is 11.8 Å². The van der Waals surface area contributed by atoms with Gasteiger partial charge in [0.05, 0.1) is 0 Å². The summed E-state index contributed by atoms with van der Waals surface area (Å²) in [6.45, 7) is 7.74. The highest BCUT2D eigenvalue weighted by Crippen LogP contribution is 2.15. The van der Waals surface area contributed by atoms with Gasteiger partial charge in [-0.05, 0) is 25.7 Å². The third-order valence-corrected chi connectivity index (χ3v) is 3.53. The van der Waals surface area contributed by atoms with Crippen molar-refractivity contribution in [2.75, 3.05) is 13.1 Å². The van der Waals surface area contributed by atoms with E-state index < -0.39 is 0 Å². The molecule has 1 saturated heterocycles. The first-order chi connectivity index (χ1) is 8.70. The van der Waals surface area contributed by atoms with Crippen molar-refractivity contribution < 1.29 is 0 Å². The fraction of sp³-hybridized carbons (Fsp3) is 0.750. The molecule has 100 valence electrons. The molecule has 0 radical (unpaired) electrons. The predicted molar refractivity (Wildman–Crippen MR) is 71.0 cm³/mol. The summed E-state index contributed by atoms with van der Waals surface area (Å²) in [5.41, 5.74) is 6.02. The summed E-state index contributed by atoms with van der Waals surface area (Å²) in [6.07, 6.45) is 4.12. The molecule has 0 aromatic carbocycles. The standard InChI is InChI=1S/C12H22N6/c1-3-17-9-15-16-11(17)8-14-12(13)18-6-4-10(2)5-7-18/h9-10H,3-8H2,1-2H3,(H2,13,14). The van der Waals surface area contributed by atoms with Crippen LogP contribution in [-0.2, 0) is 13.1 Å². The summed E-state index contributed by atoms with van der Waals surface area (Å²) in [6, 6.07) is 0. The first-order valence-corrected chi connectivity index (χ1v) is 6.62. The average Bonchev–Trinajstić information content (AvgIpc) is 2.84. The third kappa shape index (κ3) is 3.00. The Bertz CT molecular complexity index is 402. The lowest BCUT2D eigenvalue weighted by molar-refractivity contribution is 0.277. The molecule has 18 heavy (non-hydrogen) atoms. The van der Waals surface area contributed by atoms with E-state index in [9.17, 15) is 0 Å². The van der Waals surface area contributed by atoms with Gasteiger partial charge in [0.2, 0.25) is 0 Å². The zero-order valence-corrected chi connectivity index (χ0v) is 11.2. The molecular formula is C12H22N6. The molecular weight excluding hydrogens is 228 g/mol. The van der Waals surface area contributed by atoms with E-state index >= 15 is 0 Å². The molecule has 0 bridgehead atoms. The Morgan fingerprint density at radius 1 is 1.50 bits per heavy atom. The van der Waals surface area contributed by atoms with Gasteiger partial charge in [-0.1, -0.05) is 6.92 Å². The van der Waals surface area contributed by atoms with Crippen LogP contribution in [0.4, 0.5) is 0 Å². The van der Waals surface area contributed by atoms with E-state index in [-0.39, 0.29) is 0 Å². The Morgan fingerprint density at radius 3 is 2.89 bits per heavy atom. The van der Waals surface area contributed by atoms with Gasteiger partial charge in [0, 0.05) is 19.6 Å². The highest BCUT2D eigenvalue weighted by molar-refractivity contribution is 5.78. The topological polar surface area (TPSA) is 72.3 Å². The van der Waals surface area contributed by atoms with Gasteiger partial charge >= 0.3 is 0 Å². The number of guanidine groups is 1. The number of aromatic nitrogens is 3. The monoisotopic (exact) mass is 250 g/mol. The summed E-state index contributed by atoms with van der Waals surface area (Å²) in [5, 5.41) is 7.93. The van der Waals surface area contributed by atoms with E-state index in [1.807, 2.05) is 4.57 Å². The maximum atomic E-state index is 6.02. The zero-order valence-electron chi connectivity index (χ0n) is 11.2. The number of hydrogen-bond acceptors (Lipinski definition) is 3. The minimum absolute atomic E-state index is 0.506. The van der Waals surface area contributed by atoms with Gasteiger partial charge in [0.25, 0.3) is 0 Å². The van der Waals surface area contributed by atoms with Crippen molar-refractivity contribution >= 4 is 5.96 Å². The van der Waals surface area contributed by atoms with Gasteiger partial charge in [-0.2, -0.15) is 0 Å². The second-order valence-electron chi connectivity index (χ2n) is 4.88. The van der Waals surface area contributed by atoms with Crippen LogP contribution in [-0.4, -0.2) is 38.7 Å². The van der Waals surface area contributed by atoms with Crippen molar-refractivity contribution in [3.8, 4) is 0 Å². The number of aliphatic imine (C=N–C) groups is 1. The molecule has 6 nitrogen and oxygen atoms in total. The lowest BCUT2D eigenvalue weighted by atomic mass is 10.00. The minimum atomic E-state index is 0.506. The highest BCUT2D eigenvalue weighted by Gasteiger charge is 2.17. The van der Waals surface area contributed by atoms with E-state index in [4.69, 9.17) is 5.73 Å². The van der Waals surface area contributed by atoms with Crippen LogP contribution in [0.3, 0.4) is 0 Å². The summed E-state index contributed by atoms with van der Waals surface area (Å²) in [5.74, 6) is 2.30. The Kier molecular flexibility index (Phi) is 4.17. The first kappa shape index (κ1) is 12.9. The highest BCUT2D eigenvalue weighted by atomic mass is 15.3. The molecule has 0 amide bonds. The molecule has 0 saturated carbocycles. The van der Waals surface area contributed by atoms with Crippen molar-refractivity contribution in [2.24, 2.45) is 16.6 Å². The average molecular weight is 250 g/mol. The molecule has 1 aromatic heterocycles. The Morgan fingerprint density at radius 2 is 2.22 bits per heavy atom. The van der Waals surface area contributed by atoms with Crippen LogP contribution in [0.25, 0.3) is 0 Å². The molecule has 2 rings (SSSR count). The Balaban J connectivity index is 1.92. The smallest absolute Gasteiger partial charge is 0.191 e. The number of piperidine rings is 1. The summed E-state index contributed by atoms with van der Waals surface area (Å²) >= 11 is 0. The number of rotatable bonds is 3. The molecule has 0 spiro atoms. The van der Waals surface area contributed by atoms with Crippen LogP contribution >= 0.6 is 0 Å². The van der Waals surface area contributed by atoms with Crippen molar-refractivity contribution in [1.29, 1.82) is 0 Å². The van der Waals surface area contributed by atoms with Crippen LogP contribution in [0.5, 0.6) is 0 Å². The molecule has 1 aromatic rings. The van der Waals surface area contributed by atoms with Gasteiger partial charge < -0.3 is 15.2 Å². The van der Waals surface area contributed by atoms with Crippen LogP contribution in [0.15, 0.2) is 11.3 Å². The maximum Gasteiger partial charge on any atom is 0.191 e. The number of hydrogen-bond donors (Lipinski definition) is 1. The normalized spacial score (nSPS) is 18.3. The largest absolute Gasteiger partial charge is 0.370 e. The molecule has 6 heteroatoms. The lowest BCUT2D eigenvalue weighted by Gasteiger charge is -2.30. The van der Waals surface area contributed by atoms with E-state index in [2.05, 4.69) is 33.9 Å². The molecule has 1 fully saturated rings. The van der Waals surface area contributed by atoms with E-state index in [1.54, 1.807) is 6.33 Å². The van der Waals surface area contributed by atoms with Crippen molar-refractivity contribution in [2.45, 2.75) is 39.8 Å². The number of likely N-dealkylation sites (tertiary alicyclic amines) is 1. The van der Waals surface area contributed by atoms with E-state index in [0.29, 0.717) is 12.5 Å². The van der Waals surface area contributed by atoms with Gasteiger partial charge in [-0.15, -0.1) is 10.2 Å². The molecule has 2 N–H and O–H groups in total. The molecule has 0 unspecified atom stereocenters. The summed E-state index contributed by atoms with van der Waals surface area (Å²) in [4.78, 5) is 6.58. The third-order valence-electron chi connectivity index (χ3n) is 3.53.